The van der Waals surface area contributed by atoms with E-state index in [1.165, 1.54) is 0 Å². The van der Waals surface area contributed by atoms with Gasteiger partial charge in [-0.15, -0.1) is 0 Å². The van der Waals surface area contributed by atoms with Crippen LogP contribution in [-0.4, -0.2) is 34.6 Å². The van der Waals surface area contributed by atoms with Gasteiger partial charge in [-0.2, -0.15) is 5.10 Å². The lowest BCUT2D eigenvalue weighted by Crippen LogP contribution is -2.41. The topological polar surface area (TPSA) is 68.2 Å². The number of ether oxygens (including phenoxy) is 1. The number of anilines is 1. The van der Waals surface area contributed by atoms with Gasteiger partial charge in [-0.25, -0.2) is 9.48 Å². The molecule has 21 heavy (non-hydrogen) atoms. The number of benzene rings is 1. The predicted molar refractivity (Wildman–Crippen MR) is 79.5 cm³/mol. The van der Waals surface area contributed by atoms with E-state index in [1.54, 1.807) is 10.9 Å². The largest absolute Gasteiger partial charge is 0.376 e. The summed E-state index contributed by atoms with van der Waals surface area (Å²) < 4.78 is 7.19. The number of amides is 2. The van der Waals surface area contributed by atoms with Gasteiger partial charge in [0.25, 0.3) is 0 Å². The summed E-state index contributed by atoms with van der Waals surface area (Å²) in [5, 5.41) is 9.91. The molecular weight excluding hydrogens is 268 g/mol. The Bertz CT molecular complexity index is 595. The Morgan fingerprint density at radius 1 is 1.38 bits per heavy atom. The third-order valence-corrected chi connectivity index (χ3v) is 3.59. The van der Waals surface area contributed by atoms with Crippen LogP contribution < -0.4 is 10.6 Å². The van der Waals surface area contributed by atoms with Gasteiger partial charge in [0.15, 0.2) is 0 Å². The van der Waals surface area contributed by atoms with Crippen LogP contribution in [0, 0.1) is 0 Å². The van der Waals surface area contributed by atoms with Crippen molar-refractivity contribution in [2.24, 2.45) is 0 Å². The number of hydrogen-bond donors (Lipinski definition) is 2. The van der Waals surface area contributed by atoms with E-state index >= 15 is 0 Å². The highest BCUT2D eigenvalue weighted by Crippen LogP contribution is 2.14. The lowest BCUT2D eigenvalue weighted by Gasteiger charge is -2.16. The minimum Gasteiger partial charge on any atom is -0.376 e. The van der Waals surface area contributed by atoms with E-state index in [0.717, 1.165) is 17.8 Å². The molecule has 0 saturated carbocycles. The highest BCUT2D eigenvalue weighted by Gasteiger charge is 2.25. The second-order valence-electron chi connectivity index (χ2n) is 5.07. The number of rotatable bonds is 3. The van der Waals surface area contributed by atoms with E-state index in [-0.39, 0.29) is 18.2 Å². The molecule has 6 heteroatoms. The van der Waals surface area contributed by atoms with E-state index in [0.29, 0.717) is 6.61 Å². The zero-order chi connectivity index (χ0) is 14.7. The maximum absolute atomic E-state index is 11.9. The average Bonchev–Trinajstić information content (AvgIpc) is 3.12. The molecule has 1 fully saturated rings. The Balaban J connectivity index is 1.58. The summed E-state index contributed by atoms with van der Waals surface area (Å²) in [5.74, 6) is 0. The number of nitrogens with zero attached hydrogens (tertiary/aromatic N) is 2. The van der Waals surface area contributed by atoms with Crippen molar-refractivity contribution in [3.63, 3.8) is 0 Å². The van der Waals surface area contributed by atoms with Gasteiger partial charge in [-0.1, -0.05) is 0 Å². The Kier molecular flexibility index (Phi) is 3.87. The molecule has 0 unspecified atom stereocenters. The molecule has 2 N–H and O–H groups in total. The maximum atomic E-state index is 11.9. The smallest absolute Gasteiger partial charge is 0.319 e. The van der Waals surface area contributed by atoms with E-state index in [2.05, 4.69) is 15.7 Å². The summed E-state index contributed by atoms with van der Waals surface area (Å²) >= 11 is 0. The highest BCUT2D eigenvalue weighted by atomic mass is 16.5. The van der Waals surface area contributed by atoms with Crippen molar-refractivity contribution >= 4 is 11.7 Å². The van der Waals surface area contributed by atoms with Crippen molar-refractivity contribution in [2.45, 2.75) is 25.5 Å². The first-order valence-corrected chi connectivity index (χ1v) is 7.01. The summed E-state index contributed by atoms with van der Waals surface area (Å²) in [7, 11) is 0. The number of urea groups is 1. The van der Waals surface area contributed by atoms with Crippen LogP contribution in [0.2, 0.25) is 0 Å². The minimum absolute atomic E-state index is 0.0675. The van der Waals surface area contributed by atoms with Crippen LogP contribution in [-0.2, 0) is 4.74 Å². The fourth-order valence-electron chi connectivity index (χ4n) is 2.38. The molecule has 0 aliphatic carbocycles. The van der Waals surface area contributed by atoms with Crippen molar-refractivity contribution in [3.05, 3.63) is 42.7 Å². The molecule has 1 aliphatic heterocycles. The normalized spacial score (nSPS) is 21.2. The maximum Gasteiger partial charge on any atom is 0.319 e. The first kappa shape index (κ1) is 13.6. The lowest BCUT2D eigenvalue weighted by atomic mass is 10.2. The van der Waals surface area contributed by atoms with Gasteiger partial charge >= 0.3 is 6.03 Å². The predicted octanol–water partition coefficient (Wildman–Crippen LogP) is 2.17. The van der Waals surface area contributed by atoms with Crippen LogP contribution in [0.5, 0.6) is 0 Å². The molecule has 110 valence electrons. The number of carbonyl (C=O) groups is 1. The zero-order valence-electron chi connectivity index (χ0n) is 11.8. The molecule has 0 bridgehead atoms. The molecular formula is C15H18N4O2. The van der Waals surface area contributed by atoms with Crippen LogP contribution in [0.15, 0.2) is 42.7 Å². The van der Waals surface area contributed by atoms with Crippen molar-refractivity contribution in [3.8, 4) is 5.69 Å². The monoisotopic (exact) mass is 286 g/mol. The van der Waals surface area contributed by atoms with Crippen LogP contribution >= 0.6 is 0 Å². The number of hydrogen-bond acceptors (Lipinski definition) is 3. The third-order valence-electron chi connectivity index (χ3n) is 3.59. The molecule has 1 saturated heterocycles. The van der Waals surface area contributed by atoms with Gasteiger partial charge in [0.1, 0.15) is 0 Å². The zero-order valence-corrected chi connectivity index (χ0v) is 11.8. The molecule has 2 aromatic rings. The van der Waals surface area contributed by atoms with Gasteiger partial charge < -0.3 is 15.4 Å². The summed E-state index contributed by atoms with van der Waals surface area (Å²) in [6.07, 6.45) is 4.52. The standard InChI is InChI=1S/C15H18N4O2/c1-11-14(7-10-21-11)18-15(20)17-12-3-5-13(6-4-12)19-9-2-8-16-19/h2-6,8-9,11,14H,7,10H2,1H3,(H2,17,18,20)/t11-,14+/m0/s1. The Morgan fingerprint density at radius 2 is 2.19 bits per heavy atom. The van der Waals surface area contributed by atoms with E-state index in [9.17, 15) is 4.79 Å². The van der Waals surface area contributed by atoms with Gasteiger partial charge in [0, 0.05) is 24.7 Å². The van der Waals surface area contributed by atoms with E-state index in [1.807, 2.05) is 43.5 Å². The van der Waals surface area contributed by atoms with Crippen molar-refractivity contribution in [1.82, 2.24) is 15.1 Å². The summed E-state index contributed by atoms with van der Waals surface area (Å²) in [4.78, 5) is 11.9. The number of carbonyl (C=O) groups excluding carboxylic acids is 1. The SMILES string of the molecule is C[C@@H]1OCC[C@H]1NC(=O)Nc1ccc(-n2cccn2)cc1. The second kappa shape index (κ2) is 5.97. The molecule has 0 spiro atoms. The number of nitrogens with one attached hydrogen (secondary N) is 2. The Hall–Kier alpha value is -2.34. The fourth-order valence-corrected chi connectivity index (χ4v) is 2.38. The number of aromatic nitrogens is 2. The van der Waals surface area contributed by atoms with Crippen LogP contribution in [0.3, 0.4) is 0 Å². The molecule has 0 radical (unpaired) electrons. The fraction of sp³-hybridized carbons (Fsp3) is 0.333. The average molecular weight is 286 g/mol. The van der Waals surface area contributed by atoms with Crippen LogP contribution in [0.1, 0.15) is 13.3 Å². The third kappa shape index (κ3) is 3.22. The van der Waals surface area contributed by atoms with Crippen molar-refractivity contribution in [2.75, 3.05) is 11.9 Å². The first-order valence-electron chi connectivity index (χ1n) is 7.01. The van der Waals surface area contributed by atoms with Gasteiger partial charge in [-0.05, 0) is 43.7 Å². The molecule has 1 aliphatic rings. The first-order chi connectivity index (χ1) is 10.2. The van der Waals surface area contributed by atoms with E-state index in [4.69, 9.17) is 4.74 Å². The summed E-state index contributed by atoms with van der Waals surface area (Å²) in [5.41, 5.74) is 1.69. The van der Waals surface area contributed by atoms with Gasteiger partial charge in [0.2, 0.25) is 0 Å². The molecule has 1 aromatic heterocycles. The molecule has 3 rings (SSSR count). The lowest BCUT2D eigenvalue weighted by molar-refractivity contribution is 0.114. The van der Waals surface area contributed by atoms with Crippen LogP contribution in [0.25, 0.3) is 5.69 Å². The van der Waals surface area contributed by atoms with Crippen LogP contribution in [0.4, 0.5) is 10.5 Å². The molecule has 2 amide bonds. The molecule has 1 aromatic carbocycles. The van der Waals surface area contributed by atoms with E-state index < -0.39 is 0 Å². The van der Waals surface area contributed by atoms with Crippen molar-refractivity contribution < 1.29 is 9.53 Å². The van der Waals surface area contributed by atoms with Gasteiger partial charge in [-0.3, -0.25) is 0 Å². The molecule has 2 heterocycles. The Morgan fingerprint density at radius 3 is 2.81 bits per heavy atom. The minimum atomic E-state index is -0.204. The second-order valence-corrected chi connectivity index (χ2v) is 5.07. The summed E-state index contributed by atoms with van der Waals surface area (Å²) in [6.45, 7) is 2.67. The molecule has 2 atom stereocenters. The molecule has 6 nitrogen and oxygen atoms in total. The van der Waals surface area contributed by atoms with Gasteiger partial charge in [0.05, 0.1) is 17.8 Å². The quantitative estimate of drug-likeness (QED) is 0.908. The highest BCUT2D eigenvalue weighted by molar-refractivity contribution is 5.89. The summed E-state index contributed by atoms with van der Waals surface area (Å²) in [6, 6.07) is 9.26. The Labute approximate surface area is 123 Å². The van der Waals surface area contributed by atoms with Crippen molar-refractivity contribution in [1.29, 1.82) is 0 Å².